The highest BCUT2D eigenvalue weighted by Crippen LogP contribution is 2.29. The lowest BCUT2D eigenvalue weighted by Gasteiger charge is -2.15. The van der Waals surface area contributed by atoms with E-state index < -0.39 is 17.8 Å². The first-order valence-corrected chi connectivity index (χ1v) is 5.88. The van der Waals surface area contributed by atoms with Crippen LogP contribution in [0.5, 0.6) is 0 Å². The molecule has 0 aliphatic heterocycles. The minimum absolute atomic E-state index is 0.342. The van der Waals surface area contributed by atoms with Crippen molar-refractivity contribution >= 4 is 5.91 Å². The Hall–Kier alpha value is -2.24. The number of carbonyl (C=O) groups is 1. The fourth-order valence-electron chi connectivity index (χ4n) is 1.72. The van der Waals surface area contributed by atoms with Crippen molar-refractivity contribution in [3.05, 3.63) is 59.5 Å². The van der Waals surface area contributed by atoms with E-state index in [4.69, 9.17) is 4.42 Å². The highest BCUT2D eigenvalue weighted by Gasteiger charge is 2.30. The Morgan fingerprint density at radius 3 is 2.35 bits per heavy atom. The van der Waals surface area contributed by atoms with Gasteiger partial charge in [0.2, 0.25) is 0 Å². The molecule has 6 heteroatoms. The van der Waals surface area contributed by atoms with Crippen LogP contribution in [0, 0.1) is 0 Å². The molecular formula is C14H12F3NO2. The minimum atomic E-state index is -4.36. The zero-order valence-electron chi connectivity index (χ0n) is 10.6. The van der Waals surface area contributed by atoms with Gasteiger partial charge in [-0.25, -0.2) is 0 Å². The van der Waals surface area contributed by atoms with E-state index in [1.54, 1.807) is 6.92 Å². The molecule has 0 aliphatic carbocycles. The van der Waals surface area contributed by atoms with Gasteiger partial charge in [-0.1, -0.05) is 12.1 Å². The molecule has 0 saturated heterocycles. The summed E-state index contributed by atoms with van der Waals surface area (Å²) in [6.07, 6.45) is -1.69. The summed E-state index contributed by atoms with van der Waals surface area (Å²) in [7, 11) is 0. The van der Waals surface area contributed by atoms with Crippen molar-refractivity contribution in [3.8, 4) is 0 Å². The highest BCUT2D eigenvalue weighted by molar-refractivity contribution is 5.93. The zero-order chi connectivity index (χ0) is 14.8. The molecule has 1 heterocycles. The van der Waals surface area contributed by atoms with Crippen LogP contribution in [0.25, 0.3) is 0 Å². The van der Waals surface area contributed by atoms with Crippen molar-refractivity contribution in [2.45, 2.75) is 19.1 Å². The van der Waals surface area contributed by atoms with Crippen molar-refractivity contribution in [1.82, 2.24) is 5.32 Å². The van der Waals surface area contributed by atoms with Gasteiger partial charge in [0.25, 0.3) is 5.91 Å². The molecule has 1 atom stereocenters. The number of nitrogens with one attached hydrogen (secondary N) is 1. The summed E-state index contributed by atoms with van der Waals surface area (Å²) in [5.74, 6) is -0.342. The molecule has 0 saturated carbocycles. The van der Waals surface area contributed by atoms with Gasteiger partial charge in [-0.2, -0.15) is 13.2 Å². The Kier molecular flexibility index (Phi) is 3.83. The van der Waals surface area contributed by atoms with E-state index in [2.05, 4.69) is 5.32 Å². The number of hydrogen-bond donors (Lipinski definition) is 1. The molecule has 1 N–H and O–H groups in total. The van der Waals surface area contributed by atoms with Crippen LogP contribution in [0.4, 0.5) is 13.2 Å². The standard InChI is InChI=1S/C14H12F3NO2/c1-9(18-13(19)11-6-7-20-8-11)10-2-4-12(5-3-10)14(15,16)17/h2-9H,1H3,(H,18,19). The van der Waals surface area contributed by atoms with E-state index >= 15 is 0 Å². The van der Waals surface area contributed by atoms with Crippen LogP contribution in [0.15, 0.2) is 47.3 Å². The van der Waals surface area contributed by atoms with Crippen LogP contribution in [0.3, 0.4) is 0 Å². The van der Waals surface area contributed by atoms with Crippen molar-refractivity contribution in [2.75, 3.05) is 0 Å². The number of rotatable bonds is 3. The Morgan fingerprint density at radius 2 is 1.85 bits per heavy atom. The molecule has 0 spiro atoms. The Labute approximate surface area is 113 Å². The average molecular weight is 283 g/mol. The van der Waals surface area contributed by atoms with Gasteiger partial charge in [0.1, 0.15) is 6.26 Å². The second-order valence-electron chi connectivity index (χ2n) is 4.33. The van der Waals surface area contributed by atoms with E-state index in [-0.39, 0.29) is 5.91 Å². The lowest BCUT2D eigenvalue weighted by atomic mass is 10.1. The van der Waals surface area contributed by atoms with Crippen LogP contribution in [-0.2, 0) is 6.18 Å². The molecule has 2 aromatic rings. The zero-order valence-corrected chi connectivity index (χ0v) is 10.6. The molecule has 106 valence electrons. The van der Waals surface area contributed by atoms with Crippen LogP contribution < -0.4 is 5.32 Å². The normalized spacial score (nSPS) is 13.0. The van der Waals surface area contributed by atoms with Gasteiger partial charge in [-0.3, -0.25) is 4.79 Å². The lowest BCUT2D eigenvalue weighted by molar-refractivity contribution is -0.137. The number of furan rings is 1. The van der Waals surface area contributed by atoms with E-state index in [1.165, 1.54) is 30.7 Å². The molecule has 20 heavy (non-hydrogen) atoms. The molecule has 0 aliphatic rings. The van der Waals surface area contributed by atoms with E-state index in [1.807, 2.05) is 0 Å². The maximum Gasteiger partial charge on any atom is 0.416 e. The highest BCUT2D eigenvalue weighted by atomic mass is 19.4. The molecule has 2 rings (SSSR count). The monoisotopic (exact) mass is 283 g/mol. The molecule has 1 unspecified atom stereocenters. The SMILES string of the molecule is CC(NC(=O)c1ccoc1)c1ccc(C(F)(F)F)cc1. The quantitative estimate of drug-likeness (QED) is 0.931. The third-order valence-electron chi connectivity index (χ3n) is 2.87. The predicted octanol–water partition coefficient (Wildman–Crippen LogP) is 3.79. The topological polar surface area (TPSA) is 42.2 Å². The fourth-order valence-corrected chi connectivity index (χ4v) is 1.72. The first-order valence-electron chi connectivity index (χ1n) is 5.88. The number of amides is 1. The molecule has 1 aromatic carbocycles. The molecule has 1 aromatic heterocycles. The van der Waals surface area contributed by atoms with Gasteiger partial charge >= 0.3 is 6.18 Å². The van der Waals surface area contributed by atoms with Gasteiger partial charge in [0.05, 0.1) is 23.4 Å². The lowest BCUT2D eigenvalue weighted by Crippen LogP contribution is -2.26. The summed E-state index contributed by atoms with van der Waals surface area (Å²) in [6.45, 7) is 1.70. The average Bonchev–Trinajstić information content (AvgIpc) is 2.91. The Morgan fingerprint density at radius 1 is 1.20 bits per heavy atom. The van der Waals surface area contributed by atoms with Crippen molar-refractivity contribution in [1.29, 1.82) is 0 Å². The van der Waals surface area contributed by atoms with Crippen LogP contribution in [-0.4, -0.2) is 5.91 Å². The van der Waals surface area contributed by atoms with Crippen LogP contribution in [0.2, 0.25) is 0 Å². The number of benzene rings is 1. The number of hydrogen-bond acceptors (Lipinski definition) is 2. The second kappa shape index (κ2) is 5.40. The molecular weight excluding hydrogens is 271 g/mol. The molecule has 0 fully saturated rings. The molecule has 0 radical (unpaired) electrons. The van der Waals surface area contributed by atoms with E-state index in [0.29, 0.717) is 11.1 Å². The predicted molar refractivity (Wildman–Crippen MR) is 66.0 cm³/mol. The van der Waals surface area contributed by atoms with Gasteiger partial charge in [-0.15, -0.1) is 0 Å². The van der Waals surface area contributed by atoms with Crippen molar-refractivity contribution in [3.63, 3.8) is 0 Å². The van der Waals surface area contributed by atoms with Gasteiger partial charge in [0.15, 0.2) is 0 Å². The van der Waals surface area contributed by atoms with Crippen molar-refractivity contribution < 1.29 is 22.4 Å². The summed E-state index contributed by atoms with van der Waals surface area (Å²) >= 11 is 0. The maximum atomic E-state index is 12.4. The second-order valence-corrected chi connectivity index (χ2v) is 4.33. The smallest absolute Gasteiger partial charge is 0.416 e. The van der Waals surface area contributed by atoms with Gasteiger partial charge < -0.3 is 9.73 Å². The summed E-state index contributed by atoms with van der Waals surface area (Å²) in [5, 5.41) is 2.68. The summed E-state index contributed by atoms with van der Waals surface area (Å²) in [4.78, 5) is 11.8. The number of carbonyl (C=O) groups excluding carboxylic acids is 1. The Balaban J connectivity index is 2.06. The number of alkyl halides is 3. The molecule has 3 nitrogen and oxygen atoms in total. The summed E-state index contributed by atoms with van der Waals surface area (Å²) in [6, 6.07) is 5.80. The number of halogens is 3. The minimum Gasteiger partial charge on any atom is -0.472 e. The van der Waals surface area contributed by atoms with E-state index in [9.17, 15) is 18.0 Å². The van der Waals surface area contributed by atoms with Crippen LogP contribution >= 0.6 is 0 Å². The first kappa shape index (κ1) is 14.2. The third kappa shape index (κ3) is 3.20. The summed E-state index contributed by atoms with van der Waals surface area (Å²) < 4.78 is 42.1. The third-order valence-corrected chi connectivity index (χ3v) is 2.87. The maximum absolute atomic E-state index is 12.4. The van der Waals surface area contributed by atoms with Crippen molar-refractivity contribution in [2.24, 2.45) is 0 Å². The fraction of sp³-hybridized carbons (Fsp3) is 0.214. The summed E-state index contributed by atoms with van der Waals surface area (Å²) in [5.41, 5.74) is 0.244. The van der Waals surface area contributed by atoms with Gasteiger partial charge in [0, 0.05) is 0 Å². The largest absolute Gasteiger partial charge is 0.472 e. The van der Waals surface area contributed by atoms with Crippen LogP contribution in [0.1, 0.15) is 34.5 Å². The van der Waals surface area contributed by atoms with E-state index in [0.717, 1.165) is 12.1 Å². The first-order chi connectivity index (χ1) is 9.38. The molecule has 0 bridgehead atoms. The van der Waals surface area contributed by atoms with Gasteiger partial charge in [-0.05, 0) is 30.7 Å². The molecule has 1 amide bonds. The Bertz CT molecular complexity index is 573.